The van der Waals surface area contributed by atoms with Crippen molar-refractivity contribution >= 4 is 23.9 Å². The first-order chi connectivity index (χ1) is 19.1. The second-order valence-electron chi connectivity index (χ2n) is 9.05. The lowest BCUT2D eigenvalue weighted by atomic mass is 9.98. The predicted octanol–water partition coefficient (Wildman–Crippen LogP) is 3.14. The molecule has 2 aromatic rings. The van der Waals surface area contributed by atoms with Crippen molar-refractivity contribution in [3.8, 4) is 11.5 Å². The van der Waals surface area contributed by atoms with Crippen molar-refractivity contribution in [2.45, 2.75) is 71.7 Å². The third-order valence-corrected chi connectivity index (χ3v) is 5.79. The Morgan fingerprint density at radius 1 is 0.750 bits per heavy atom. The van der Waals surface area contributed by atoms with Crippen molar-refractivity contribution in [3.05, 3.63) is 59.7 Å². The number of benzene rings is 2. The van der Waals surface area contributed by atoms with Crippen LogP contribution < -0.4 is 9.47 Å². The SMILES string of the molecule is CCOc1ccc(Cc2ccccc2OC2O[C@H](COC(C)=O)[C@@H](OC(C)=O)[C@H](OC(C)=O)[C@H]2OC(C)=O)cc1. The Hall–Kier alpha value is -4.12. The van der Waals surface area contributed by atoms with Crippen molar-refractivity contribution in [1.29, 1.82) is 0 Å². The molecule has 2 aromatic carbocycles. The van der Waals surface area contributed by atoms with Crippen molar-refractivity contribution in [2.24, 2.45) is 0 Å². The zero-order chi connectivity index (χ0) is 29.2. The van der Waals surface area contributed by atoms with Gasteiger partial charge in [0, 0.05) is 34.1 Å². The second-order valence-corrected chi connectivity index (χ2v) is 9.05. The number of carbonyl (C=O) groups is 4. The number of carbonyl (C=O) groups excluding carboxylic acids is 4. The van der Waals surface area contributed by atoms with Gasteiger partial charge in [0.2, 0.25) is 12.4 Å². The molecule has 1 aliphatic rings. The highest BCUT2D eigenvalue weighted by Gasteiger charge is 2.53. The average Bonchev–Trinajstić information content (AvgIpc) is 2.88. The molecule has 216 valence electrons. The summed E-state index contributed by atoms with van der Waals surface area (Å²) < 4.78 is 39.3. The number of para-hydroxylation sites is 1. The molecule has 0 saturated carbocycles. The van der Waals surface area contributed by atoms with Crippen molar-refractivity contribution < 1.29 is 52.3 Å². The molecule has 0 spiro atoms. The van der Waals surface area contributed by atoms with Crippen molar-refractivity contribution in [2.75, 3.05) is 13.2 Å². The molecule has 11 nitrogen and oxygen atoms in total. The van der Waals surface area contributed by atoms with E-state index in [2.05, 4.69) is 0 Å². The summed E-state index contributed by atoms with van der Waals surface area (Å²) in [4.78, 5) is 47.6. The second kappa shape index (κ2) is 14.3. The first kappa shape index (κ1) is 30.4. The van der Waals surface area contributed by atoms with Crippen LogP contribution in [-0.4, -0.2) is 67.8 Å². The van der Waals surface area contributed by atoms with Gasteiger partial charge in [0.15, 0.2) is 12.2 Å². The molecule has 1 unspecified atom stereocenters. The van der Waals surface area contributed by atoms with Gasteiger partial charge >= 0.3 is 23.9 Å². The van der Waals surface area contributed by atoms with E-state index < -0.39 is 54.6 Å². The van der Waals surface area contributed by atoms with Crippen LogP contribution in [0.5, 0.6) is 11.5 Å². The Labute approximate surface area is 232 Å². The summed E-state index contributed by atoms with van der Waals surface area (Å²) in [6.45, 7) is 6.84. The maximum absolute atomic E-state index is 12.1. The van der Waals surface area contributed by atoms with E-state index in [1.165, 1.54) is 13.8 Å². The van der Waals surface area contributed by atoms with Gasteiger partial charge in [0.1, 0.15) is 24.2 Å². The molecule has 3 rings (SSSR count). The first-order valence-electron chi connectivity index (χ1n) is 12.8. The standard InChI is InChI=1S/C29H34O11/c1-6-34-23-13-11-21(12-14-23)15-22-9-7-8-10-24(22)39-29-28(38-20(5)33)27(37-19(4)32)26(36-18(3)31)25(40-29)16-35-17(2)30/h7-14,25-29H,6,15-16H2,1-5H3/t25-,26-,27+,28-,29?/m1/s1. The summed E-state index contributed by atoms with van der Waals surface area (Å²) in [5, 5.41) is 0. The molecule has 40 heavy (non-hydrogen) atoms. The number of rotatable bonds is 11. The number of ether oxygens (including phenoxy) is 7. The van der Waals surface area contributed by atoms with E-state index in [0.717, 1.165) is 30.7 Å². The van der Waals surface area contributed by atoms with Crippen LogP contribution in [0.25, 0.3) is 0 Å². The fourth-order valence-corrected chi connectivity index (χ4v) is 4.26. The van der Waals surface area contributed by atoms with Gasteiger partial charge in [-0.15, -0.1) is 0 Å². The minimum Gasteiger partial charge on any atom is -0.494 e. The van der Waals surface area contributed by atoms with Crippen LogP contribution in [0.2, 0.25) is 0 Å². The Balaban J connectivity index is 1.96. The quantitative estimate of drug-likeness (QED) is 0.297. The van der Waals surface area contributed by atoms with Gasteiger partial charge in [0.05, 0.1) is 6.61 Å². The van der Waals surface area contributed by atoms with Crippen LogP contribution in [0, 0.1) is 0 Å². The Bertz CT molecular complexity index is 1180. The van der Waals surface area contributed by atoms with E-state index >= 15 is 0 Å². The maximum atomic E-state index is 12.1. The Morgan fingerprint density at radius 2 is 1.35 bits per heavy atom. The van der Waals surface area contributed by atoms with Crippen molar-refractivity contribution in [1.82, 2.24) is 0 Å². The molecule has 11 heteroatoms. The summed E-state index contributed by atoms with van der Waals surface area (Å²) in [6, 6.07) is 14.8. The molecular weight excluding hydrogens is 524 g/mol. The number of esters is 4. The molecule has 0 aromatic heterocycles. The molecular formula is C29H34O11. The highest BCUT2D eigenvalue weighted by Crippen LogP contribution is 2.32. The summed E-state index contributed by atoms with van der Waals surface area (Å²) in [5.74, 6) is -1.57. The third kappa shape index (κ3) is 8.70. The zero-order valence-corrected chi connectivity index (χ0v) is 23.1. The predicted molar refractivity (Wildman–Crippen MR) is 139 cm³/mol. The molecule has 0 amide bonds. The molecule has 1 saturated heterocycles. The molecule has 1 heterocycles. The van der Waals surface area contributed by atoms with E-state index in [-0.39, 0.29) is 6.61 Å². The average molecular weight is 559 g/mol. The van der Waals surface area contributed by atoms with Crippen LogP contribution in [0.3, 0.4) is 0 Å². The lowest BCUT2D eigenvalue weighted by molar-refractivity contribution is -0.288. The lowest BCUT2D eigenvalue weighted by Crippen LogP contribution is -2.63. The lowest BCUT2D eigenvalue weighted by Gasteiger charge is -2.44. The minimum atomic E-state index is -1.32. The minimum absolute atomic E-state index is 0.342. The van der Waals surface area contributed by atoms with Gasteiger partial charge in [0.25, 0.3) is 0 Å². The van der Waals surface area contributed by atoms with E-state index in [1.54, 1.807) is 12.1 Å². The smallest absolute Gasteiger partial charge is 0.303 e. The summed E-state index contributed by atoms with van der Waals surface area (Å²) in [5.41, 5.74) is 1.78. The Morgan fingerprint density at radius 3 is 1.95 bits per heavy atom. The molecule has 1 aliphatic heterocycles. The molecule has 0 bridgehead atoms. The van der Waals surface area contributed by atoms with Gasteiger partial charge in [-0.2, -0.15) is 0 Å². The molecule has 5 atom stereocenters. The largest absolute Gasteiger partial charge is 0.494 e. The van der Waals surface area contributed by atoms with Crippen LogP contribution in [0.1, 0.15) is 45.7 Å². The third-order valence-electron chi connectivity index (χ3n) is 5.79. The monoisotopic (exact) mass is 558 g/mol. The Kier molecular flexibility index (Phi) is 10.9. The van der Waals surface area contributed by atoms with Crippen LogP contribution in [0.4, 0.5) is 0 Å². The summed E-state index contributed by atoms with van der Waals surface area (Å²) in [6.07, 6.45) is -5.83. The van der Waals surface area contributed by atoms with Crippen LogP contribution >= 0.6 is 0 Å². The normalized spacial score (nSPS) is 22.0. The number of hydrogen-bond acceptors (Lipinski definition) is 11. The van der Waals surface area contributed by atoms with E-state index in [9.17, 15) is 19.2 Å². The topological polar surface area (TPSA) is 133 Å². The fourth-order valence-electron chi connectivity index (χ4n) is 4.26. The van der Waals surface area contributed by atoms with E-state index in [0.29, 0.717) is 18.8 Å². The van der Waals surface area contributed by atoms with E-state index in [4.69, 9.17) is 33.2 Å². The van der Waals surface area contributed by atoms with Crippen molar-refractivity contribution in [3.63, 3.8) is 0 Å². The van der Waals surface area contributed by atoms with Gasteiger partial charge in [-0.25, -0.2) is 0 Å². The fraction of sp³-hybridized carbons (Fsp3) is 0.448. The summed E-state index contributed by atoms with van der Waals surface area (Å²) >= 11 is 0. The highest BCUT2D eigenvalue weighted by molar-refractivity contribution is 5.68. The number of hydrogen-bond donors (Lipinski definition) is 0. The molecule has 0 N–H and O–H groups in total. The van der Waals surface area contributed by atoms with Crippen LogP contribution in [-0.2, 0) is 49.3 Å². The molecule has 0 radical (unpaired) electrons. The zero-order valence-electron chi connectivity index (χ0n) is 23.1. The van der Waals surface area contributed by atoms with E-state index in [1.807, 2.05) is 43.3 Å². The maximum Gasteiger partial charge on any atom is 0.303 e. The van der Waals surface area contributed by atoms with Crippen LogP contribution in [0.15, 0.2) is 48.5 Å². The van der Waals surface area contributed by atoms with Gasteiger partial charge in [-0.1, -0.05) is 30.3 Å². The highest BCUT2D eigenvalue weighted by atomic mass is 16.7. The first-order valence-corrected chi connectivity index (χ1v) is 12.8. The van der Waals surface area contributed by atoms with Gasteiger partial charge in [-0.3, -0.25) is 19.2 Å². The molecule has 0 aliphatic carbocycles. The van der Waals surface area contributed by atoms with Gasteiger partial charge in [-0.05, 0) is 36.2 Å². The summed E-state index contributed by atoms with van der Waals surface area (Å²) in [7, 11) is 0. The molecule has 1 fully saturated rings. The van der Waals surface area contributed by atoms with Gasteiger partial charge < -0.3 is 33.2 Å².